The number of benzene rings is 1. The minimum atomic E-state index is -3.30. The van der Waals surface area contributed by atoms with Crippen molar-refractivity contribution < 1.29 is 27.6 Å². The average Bonchev–Trinajstić information content (AvgIpc) is 3.31. The van der Waals surface area contributed by atoms with Crippen molar-refractivity contribution in [2.24, 2.45) is 0 Å². The maximum atomic E-state index is 15.2. The fourth-order valence-corrected chi connectivity index (χ4v) is 4.25. The highest BCUT2D eigenvalue weighted by atomic mass is 35.5. The standard InChI is InChI=1S/C25H22Cl2F2N6O4/c1-3-35(32-23(36)16-8-19(27)13-34(38)12-16)24(37)30-11-17-5-4-15(10-25(17,28)29)21-9-18(26)6-7-20(21)22-31-14(2)39-33-22/h4-9,12-13H,3,10-11H2,1-2H3,(H,30,37)(H,32,36). The van der Waals surface area contributed by atoms with Crippen LogP contribution in [-0.2, 0) is 0 Å². The van der Waals surface area contributed by atoms with E-state index < -0.39 is 30.8 Å². The van der Waals surface area contributed by atoms with Gasteiger partial charge in [0.15, 0.2) is 12.4 Å². The first-order chi connectivity index (χ1) is 18.5. The van der Waals surface area contributed by atoms with Crippen LogP contribution in [0.4, 0.5) is 13.6 Å². The molecule has 0 aliphatic heterocycles. The fourth-order valence-electron chi connectivity index (χ4n) is 3.86. The lowest BCUT2D eigenvalue weighted by Gasteiger charge is -2.27. The Balaban J connectivity index is 1.48. The third-order valence-electron chi connectivity index (χ3n) is 5.76. The topological polar surface area (TPSA) is 127 Å². The van der Waals surface area contributed by atoms with E-state index in [4.69, 9.17) is 27.7 Å². The predicted octanol–water partition coefficient (Wildman–Crippen LogP) is 4.71. The van der Waals surface area contributed by atoms with E-state index in [1.165, 1.54) is 18.2 Å². The summed E-state index contributed by atoms with van der Waals surface area (Å²) < 4.78 is 35.8. The number of rotatable bonds is 6. The van der Waals surface area contributed by atoms with Crippen molar-refractivity contribution in [1.29, 1.82) is 0 Å². The number of amides is 3. The molecular weight excluding hydrogens is 557 g/mol. The number of urea groups is 1. The Morgan fingerprint density at radius 3 is 2.59 bits per heavy atom. The fraction of sp³-hybridized carbons (Fsp3) is 0.240. The van der Waals surface area contributed by atoms with Gasteiger partial charge >= 0.3 is 6.03 Å². The molecule has 2 aromatic heterocycles. The largest absolute Gasteiger partial charge is 0.619 e. The second-order valence-corrected chi connectivity index (χ2v) is 9.41. The molecule has 1 aromatic carbocycles. The number of carbonyl (C=O) groups excluding carboxylic acids is 2. The molecule has 0 saturated carbocycles. The first-order valence-corrected chi connectivity index (χ1v) is 12.4. The van der Waals surface area contributed by atoms with E-state index in [0.717, 1.165) is 17.4 Å². The minimum Gasteiger partial charge on any atom is -0.619 e. The molecule has 0 atom stereocenters. The van der Waals surface area contributed by atoms with E-state index >= 15 is 8.78 Å². The molecule has 0 spiro atoms. The molecule has 3 aromatic rings. The van der Waals surface area contributed by atoms with Crippen molar-refractivity contribution in [2.75, 3.05) is 13.1 Å². The lowest BCUT2D eigenvalue weighted by Crippen LogP contribution is -2.51. The normalized spacial score (nSPS) is 14.3. The summed E-state index contributed by atoms with van der Waals surface area (Å²) in [5, 5.41) is 19.1. The molecule has 39 heavy (non-hydrogen) atoms. The molecule has 1 aliphatic rings. The zero-order valence-corrected chi connectivity index (χ0v) is 22.2. The number of allylic oxidation sites excluding steroid dienone is 3. The van der Waals surface area contributed by atoms with Crippen LogP contribution in [0.2, 0.25) is 10.0 Å². The van der Waals surface area contributed by atoms with Crippen LogP contribution in [0.5, 0.6) is 0 Å². The smallest absolute Gasteiger partial charge is 0.336 e. The number of aryl methyl sites for hydroxylation is 1. The van der Waals surface area contributed by atoms with E-state index in [1.54, 1.807) is 32.0 Å². The highest BCUT2D eigenvalue weighted by Crippen LogP contribution is 2.41. The Hall–Kier alpha value is -4.03. The molecule has 2 N–H and O–H groups in total. The molecule has 0 saturated heterocycles. The van der Waals surface area contributed by atoms with Crippen LogP contribution < -0.4 is 15.5 Å². The molecule has 10 nitrogen and oxygen atoms in total. The number of alkyl halides is 2. The summed E-state index contributed by atoms with van der Waals surface area (Å²) in [7, 11) is 0. The lowest BCUT2D eigenvalue weighted by molar-refractivity contribution is -0.605. The molecule has 3 amide bonds. The van der Waals surface area contributed by atoms with Gasteiger partial charge in [0.1, 0.15) is 10.6 Å². The number of pyridine rings is 1. The van der Waals surface area contributed by atoms with Crippen molar-refractivity contribution in [3.8, 4) is 11.4 Å². The number of hydrogen-bond acceptors (Lipinski definition) is 6. The third-order valence-corrected chi connectivity index (χ3v) is 6.21. The summed E-state index contributed by atoms with van der Waals surface area (Å²) in [5.74, 6) is -3.50. The first-order valence-electron chi connectivity index (χ1n) is 11.6. The van der Waals surface area contributed by atoms with Gasteiger partial charge in [-0.25, -0.2) is 18.6 Å². The van der Waals surface area contributed by atoms with Gasteiger partial charge < -0.3 is 15.0 Å². The summed E-state index contributed by atoms with van der Waals surface area (Å²) >= 11 is 11.9. The zero-order chi connectivity index (χ0) is 28.3. The quantitative estimate of drug-likeness (QED) is 0.248. The Morgan fingerprint density at radius 2 is 1.95 bits per heavy atom. The van der Waals surface area contributed by atoms with E-state index in [-0.39, 0.29) is 28.5 Å². The monoisotopic (exact) mass is 578 g/mol. The van der Waals surface area contributed by atoms with Crippen molar-refractivity contribution in [1.82, 2.24) is 25.9 Å². The Kier molecular flexibility index (Phi) is 8.17. The Morgan fingerprint density at radius 1 is 1.18 bits per heavy atom. The summed E-state index contributed by atoms with van der Waals surface area (Å²) in [6.07, 6.45) is 4.14. The van der Waals surface area contributed by atoms with E-state index in [9.17, 15) is 14.8 Å². The van der Waals surface area contributed by atoms with Crippen LogP contribution >= 0.6 is 23.2 Å². The lowest BCUT2D eigenvalue weighted by atomic mass is 9.88. The summed E-state index contributed by atoms with van der Waals surface area (Å²) in [4.78, 5) is 29.3. The van der Waals surface area contributed by atoms with Crippen LogP contribution in [-0.4, -0.2) is 46.1 Å². The number of nitrogens with zero attached hydrogens (tertiary/aromatic N) is 4. The van der Waals surface area contributed by atoms with Crippen LogP contribution in [0.15, 0.2) is 58.9 Å². The second kappa shape index (κ2) is 11.4. The van der Waals surface area contributed by atoms with E-state index in [2.05, 4.69) is 20.9 Å². The van der Waals surface area contributed by atoms with Gasteiger partial charge in [-0.15, -0.1) is 0 Å². The maximum absolute atomic E-state index is 15.2. The maximum Gasteiger partial charge on any atom is 0.336 e. The number of aromatic nitrogens is 3. The van der Waals surface area contributed by atoms with Gasteiger partial charge in [-0.05, 0) is 42.3 Å². The number of hydrazine groups is 1. The highest BCUT2D eigenvalue weighted by Gasteiger charge is 2.38. The average molecular weight is 579 g/mol. The Bertz CT molecular complexity index is 1470. The van der Waals surface area contributed by atoms with Crippen LogP contribution in [0, 0.1) is 12.1 Å². The molecule has 0 bridgehead atoms. The summed E-state index contributed by atoms with van der Waals surface area (Å²) in [6.45, 7) is 2.73. The molecule has 4 rings (SSSR count). The molecule has 0 radical (unpaired) electrons. The van der Waals surface area contributed by atoms with Gasteiger partial charge in [0, 0.05) is 42.6 Å². The third kappa shape index (κ3) is 6.52. The molecular formula is C25H22Cl2F2N6O4. The van der Waals surface area contributed by atoms with Crippen molar-refractivity contribution in [3.05, 3.63) is 86.7 Å². The SMILES string of the molecule is CCN(NC(=O)c1cc(Cl)c[n+]([O-])c1)C(=O)NCC1=CC=C(c2cc(Cl)ccc2-c2noc(C)n2)CC1(F)F. The molecule has 2 heterocycles. The molecule has 204 valence electrons. The van der Waals surface area contributed by atoms with E-state index in [0.29, 0.717) is 32.3 Å². The minimum absolute atomic E-state index is 0.0160. The van der Waals surface area contributed by atoms with Gasteiger partial charge in [-0.3, -0.25) is 10.2 Å². The summed E-state index contributed by atoms with van der Waals surface area (Å²) in [6, 6.07) is 5.22. The van der Waals surface area contributed by atoms with E-state index in [1.807, 2.05) is 0 Å². The first kappa shape index (κ1) is 28.0. The molecule has 0 unspecified atom stereocenters. The number of nitrogens with one attached hydrogen (secondary N) is 2. The van der Waals surface area contributed by atoms with Crippen LogP contribution in [0.3, 0.4) is 0 Å². The van der Waals surface area contributed by atoms with Gasteiger partial charge in [0.05, 0.1) is 0 Å². The number of hydrogen-bond donors (Lipinski definition) is 2. The van der Waals surface area contributed by atoms with Crippen molar-refractivity contribution in [2.45, 2.75) is 26.2 Å². The number of halogens is 4. The van der Waals surface area contributed by atoms with Gasteiger partial charge in [-0.2, -0.15) is 9.71 Å². The molecule has 14 heteroatoms. The summed E-state index contributed by atoms with van der Waals surface area (Å²) in [5.41, 5.74) is 3.13. The van der Waals surface area contributed by atoms with Crippen LogP contribution in [0.1, 0.15) is 35.2 Å². The van der Waals surface area contributed by atoms with Crippen molar-refractivity contribution >= 4 is 40.7 Å². The zero-order valence-electron chi connectivity index (χ0n) is 20.7. The van der Waals surface area contributed by atoms with Gasteiger partial charge in [0.2, 0.25) is 11.7 Å². The van der Waals surface area contributed by atoms with Gasteiger partial charge in [0.25, 0.3) is 11.8 Å². The van der Waals surface area contributed by atoms with Crippen LogP contribution in [0.25, 0.3) is 17.0 Å². The van der Waals surface area contributed by atoms with Gasteiger partial charge in [-0.1, -0.05) is 40.5 Å². The number of carbonyl (C=O) groups is 2. The predicted molar refractivity (Wildman–Crippen MR) is 139 cm³/mol. The molecule has 1 aliphatic carbocycles. The second-order valence-electron chi connectivity index (χ2n) is 8.54. The highest BCUT2D eigenvalue weighted by molar-refractivity contribution is 6.31. The molecule has 0 fully saturated rings. The Labute approximate surface area is 231 Å². The van der Waals surface area contributed by atoms with Crippen molar-refractivity contribution in [3.63, 3.8) is 0 Å².